The Hall–Kier alpha value is -2.66. The normalized spacial score (nSPS) is 23.1. The van der Waals surface area contributed by atoms with Crippen LogP contribution < -0.4 is 0 Å². The van der Waals surface area contributed by atoms with Gasteiger partial charge < -0.3 is 14.0 Å². The van der Waals surface area contributed by atoms with Crippen molar-refractivity contribution in [2.75, 3.05) is 13.7 Å². The van der Waals surface area contributed by atoms with Crippen LogP contribution in [0, 0.1) is 13.8 Å². The molecule has 5 rings (SSSR count). The van der Waals surface area contributed by atoms with Crippen molar-refractivity contribution in [3.05, 3.63) is 53.1 Å². The maximum absolute atomic E-state index is 13.3. The van der Waals surface area contributed by atoms with Crippen molar-refractivity contribution in [2.24, 2.45) is 0 Å². The minimum absolute atomic E-state index is 0.0717. The van der Waals surface area contributed by atoms with Crippen molar-refractivity contribution in [3.63, 3.8) is 0 Å². The molecule has 150 valence electrons. The number of carbonyl (C=O) groups is 1. The topological polar surface area (TPSA) is 53.4 Å². The van der Waals surface area contributed by atoms with Gasteiger partial charge in [-0.2, -0.15) is 0 Å². The first kappa shape index (κ1) is 18.4. The summed E-state index contributed by atoms with van der Waals surface area (Å²) in [7, 11) is 1.48. The lowest BCUT2D eigenvalue weighted by atomic mass is 9.71. The van der Waals surface area contributed by atoms with Crippen LogP contribution in [0.2, 0.25) is 0 Å². The summed E-state index contributed by atoms with van der Waals surface area (Å²) in [5.74, 6) is 0.726. The van der Waals surface area contributed by atoms with Crippen molar-refractivity contribution in [1.29, 1.82) is 0 Å². The van der Waals surface area contributed by atoms with Gasteiger partial charge in [0.15, 0.2) is 0 Å². The van der Waals surface area contributed by atoms with E-state index in [0.717, 1.165) is 47.4 Å². The quantitative estimate of drug-likeness (QED) is 0.625. The van der Waals surface area contributed by atoms with Crippen LogP contribution in [0.15, 0.2) is 36.4 Å². The molecule has 1 saturated heterocycles. The summed E-state index contributed by atoms with van der Waals surface area (Å²) in [6.45, 7) is 5.51. The molecule has 3 heterocycles. The standard InChI is InChI=1S/C24H26N2O3/c1-15-11-20-21(12-16(15)2)26-14-24(23(27)28-3,13-17-7-6-10-29-17)19-9-5-4-8-18(19)22(26)25-20/h4-5,8-9,11-12,17H,6-7,10,13-14H2,1-3H3. The maximum Gasteiger partial charge on any atom is 0.318 e. The summed E-state index contributed by atoms with van der Waals surface area (Å²) >= 11 is 0. The molecule has 2 aliphatic rings. The van der Waals surface area contributed by atoms with Crippen molar-refractivity contribution >= 4 is 17.0 Å². The van der Waals surface area contributed by atoms with Crippen molar-refractivity contribution in [2.45, 2.75) is 51.2 Å². The van der Waals surface area contributed by atoms with Gasteiger partial charge >= 0.3 is 5.97 Å². The monoisotopic (exact) mass is 390 g/mol. The molecule has 2 aliphatic heterocycles. The van der Waals surface area contributed by atoms with Gasteiger partial charge in [0, 0.05) is 18.7 Å². The molecule has 0 N–H and O–H groups in total. The number of aryl methyl sites for hydroxylation is 2. The smallest absolute Gasteiger partial charge is 0.318 e. The molecule has 29 heavy (non-hydrogen) atoms. The highest BCUT2D eigenvalue weighted by molar-refractivity contribution is 5.91. The minimum atomic E-state index is -0.778. The highest BCUT2D eigenvalue weighted by atomic mass is 16.5. The summed E-state index contributed by atoms with van der Waals surface area (Å²) in [5.41, 5.74) is 5.71. The molecule has 0 saturated carbocycles. The average molecular weight is 390 g/mol. The third-order valence-electron chi connectivity index (χ3n) is 6.65. The van der Waals surface area contributed by atoms with Crippen LogP contribution in [0.3, 0.4) is 0 Å². The van der Waals surface area contributed by atoms with Gasteiger partial charge in [0.2, 0.25) is 0 Å². The number of aromatic nitrogens is 2. The molecule has 1 fully saturated rings. The van der Waals surface area contributed by atoms with Gasteiger partial charge in [-0.3, -0.25) is 4.79 Å². The highest BCUT2D eigenvalue weighted by Crippen LogP contribution is 2.46. The van der Waals surface area contributed by atoms with Gasteiger partial charge in [-0.1, -0.05) is 24.3 Å². The Morgan fingerprint density at radius 1 is 1.28 bits per heavy atom. The molecule has 5 heteroatoms. The van der Waals surface area contributed by atoms with E-state index in [4.69, 9.17) is 14.5 Å². The third-order valence-corrected chi connectivity index (χ3v) is 6.65. The molecule has 0 spiro atoms. The lowest BCUT2D eigenvalue weighted by Gasteiger charge is -2.38. The van der Waals surface area contributed by atoms with E-state index in [1.54, 1.807) is 0 Å². The summed E-state index contributed by atoms with van der Waals surface area (Å²) in [6.07, 6.45) is 2.72. The second kappa shape index (κ2) is 6.70. The first-order valence-corrected chi connectivity index (χ1v) is 10.3. The molecule has 5 nitrogen and oxygen atoms in total. The molecule has 0 radical (unpaired) electrons. The van der Waals surface area contributed by atoms with Crippen LogP contribution >= 0.6 is 0 Å². The number of methoxy groups -OCH3 is 1. The van der Waals surface area contributed by atoms with Gasteiger partial charge in [-0.25, -0.2) is 4.98 Å². The molecule has 0 aliphatic carbocycles. The molecule has 3 aromatic rings. The molecule has 2 aromatic carbocycles. The van der Waals surface area contributed by atoms with Crippen LogP contribution in [0.1, 0.15) is 36.0 Å². The molecule has 2 atom stereocenters. The number of benzene rings is 2. The van der Waals surface area contributed by atoms with E-state index >= 15 is 0 Å². The lowest BCUT2D eigenvalue weighted by Crippen LogP contribution is -2.46. The van der Waals surface area contributed by atoms with Crippen molar-refractivity contribution < 1.29 is 14.3 Å². The van der Waals surface area contributed by atoms with Crippen molar-refractivity contribution in [1.82, 2.24) is 9.55 Å². The fourth-order valence-corrected chi connectivity index (χ4v) is 5.02. The second-order valence-electron chi connectivity index (χ2n) is 8.41. The van der Waals surface area contributed by atoms with Crippen LogP contribution in [0.5, 0.6) is 0 Å². The first-order valence-electron chi connectivity index (χ1n) is 10.3. The van der Waals surface area contributed by atoms with Crippen LogP contribution in [-0.2, 0) is 26.2 Å². The zero-order chi connectivity index (χ0) is 20.2. The predicted octanol–water partition coefficient (Wildman–Crippen LogP) is 4.31. The summed E-state index contributed by atoms with van der Waals surface area (Å²) in [5, 5.41) is 0. The third kappa shape index (κ3) is 2.71. The van der Waals surface area contributed by atoms with E-state index in [0.29, 0.717) is 13.0 Å². The summed E-state index contributed by atoms with van der Waals surface area (Å²) in [4.78, 5) is 18.3. The van der Waals surface area contributed by atoms with Gasteiger partial charge in [0.1, 0.15) is 11.2 Å². The number of nitrogens with zero attached hydrogens (tertiary/aromatic N) is 2. The number of hydrogen-bond acceptors (Lipinski definition) is 4. The van der Waals surface area contributed by atoms with Crippen LogP contribution in [0.4, 0.5) is 0 Å². The molecule has 2 unspecified atom stereocenters. The molecular weight excluding hydrogens is 364 g/mol. The Morgan fingerprint density at radius 2 is 2.07 bits per heavy atom. The lowest BCUT2D eigenvalue weighted by molar-refractivity contribution is -0.150. The Morgan fingerprint density at radius 3 is 2.83 bits per heavy atom. The van der Waals surface area contributed by atoms with Crippen LogP contribution in [0.25, 0.3) is 22.4 Å². The zero-order valence-electron chi connectivity index (χ0n) is 17.2. The molecule has 1 aromatic heterocycles. The Bertz CT molecular complexity index is 1110. The second-order valence-corrected chi connectivity index (χ2v) is 8.41. The van der Waals surface area contributed by atoms with Gasteiger partial charge in [-0.15, -0.1) is 0 Å². The van der Waals surface area contributed by atoms with E-state index in [2.05, 4.69) is 42.7 Å². The number of hydrogen-bond donors (Lipinski definition) is 0. The van der Waals surface area contributed by atoms with Crippen molar-refractivity contribution in [3.8, 4) is 11.4 Å². The largest absolute Gasteiger partial charge is 0.468 e. The van der Waals surface area contributed by atoms with E-state index in [1.807, 2.05) is 12.1 Å². The highest BCUT2D eigenvalue weighted by Gasteiger charge is 2.49. The number of carbonyl (C=O) groups excluding carboxylic acids is 1. The number of fused-ring (bicyclic) bond motifs is 5. The maximum atomic E-state index is 13.3. The summed E-state index contributed by atoms with van der Waals surface area (Å²) in [6, 6.07) is 12.5. The fourth-order valence-electron chi connectivity index (χ4n) is 5.02. The number of imidazole rings is 1. The van der Waals surface area contributed by atoms with E-state index in [1.165, 1.54) is 18.2 Å². The first-order chi connectivity index (χ1) is 14.0. The van der Waals surface area contributed by atoms with Crippen LogP contribution in [-0.4, -0.2) is 35.3 Å². The molecule has 0 amide bonds. The zero-order valence-corrected chi connectivity index (χ0v) is 17.2. The van der Waals surface area contributed by atoms with E-state index in [9.17, 15) is 4.79 Å². The average Bonchev–Trinajstić information content (AvgIpc) is 3.36. The van der Waals surface area contributed by atoms with E-state index in [-0.39, 0.29) is 12.1 Å². The molecular formula is C24H26N2O3. The Labute approximate surface area is 170 Å². The van der Waals surface area contributed by atoms with Gasteiger partial charge in [0.25, 0.3) is 0 Å². The fraction of sp³-hybridized carbons (Fsp3) is 0.417. The Balaban J connectivity index is 1.76. The number of esters is 1. The predicted molar refractivity (Wildman–Crippen MR) is 112 cm³/mol. The number of rotatable bonds is 3. The SMILES string of the molecule is COC(=O)C1(CC2CCCO2)Cn2c(nc3cc(C)c(C)cc32)-c2ccccc21. The number of ether oxygens (including phenoxy) is 2. The molecule has 0 bridgehead atoms. The van der Waals surface area contributed by atoms with Gasteiger partial charge in [0.05, 0.1) is 24.2 Å². The van der Waals surface area contributed by atoms with Gasteiger partial charge in [-0.05, 0) is 61.9 Å². The van der Waals surface area contributed by atoms with E-state index < -0.39 is 5.41 Å². The minimum Gasteiger partial charge on any atom is -0.468 e. The summed E-state index contributed by atoms with van der Waals surface area (Å²) < 4.78 is 13.5. The Kier molecular flexibility index (Phi) is 4.24.